The number of rotatable bonds is 7. The standard InChI is InChI=1S/C15H21BrN2O3/c1-9(2)21-15(20)10(3)8-18-13(14(17)19)11-5-4-6-12(16)7-11/h4-7,9-10,13,18H,8H2,1-3H3,(H2,17,19). The molecule has 1 aromatic rings. The van der Waals surface area contributed by atoms with Gasteiger partial charge in [-0.15, -0.1) is 0 Å². The van der Waals surface area contributed by atoms with Gasteiger partial charge in [0.15, 0.2) is 0 Å². The third-order valence-corrected chi connectivity index (χ3v) is 3.34. The average Bonchev–Trinajstić information content (AvgIpc) is 2.37. The Bertz CT molecular complexity index is 505. The Hall–Kier alpha value is -1.40. The molecule has 1 rings (SSSR count). The first-order valence-electron chi connectivity index (χ1n) is 6.80. The number of hydrogen-bond acceptors (Lipinski definition) is 4. The fourth-order valence-corrected chi connectivity index (χ4v) is 2.21. The molecule has 1 amide bonds. The van der Waals surface area contributed by atoms with Crippen LogP contribution < -0.4 is 11.1 Å². The number of carbonyl (C=O) groups excluding carboxylic acids is 2. The minimum atomic E-state index is -0.642. The summed E-state index contributed by atoms with van der Waals surface area (Å²) >= 11 is 3.36. The van der Waals surface area contributed by atoms with E-state index >= 15 is 0 Å². The van der Waals surface area contributed by atoms with Crippen LogP contribution in [0.5, 0.6) is 0 Å². The molecule has 0 heterocycles. The van der Waals surface area contributed by atoms with Crippen LogP contribution in [0, 0.1) is 5.92 Å². The van der Waals surface area contributed by atoms with E-state index in [0.29, 0.717) is 6.54 Å². The Balaban J connectivity index is 2.68. The van der Waals surface area contributed by atoms with Gasteiger partial charge in [0.25, 0.3) is 0 Å². The third kappa shape index (κ3) is 5.85. The van der Waals surface area contributed by atoms with E-state index in [2.05, 4.69) is 21.2 Å². The van der Waals surface area contributed by atoms with Crippen LogP contribution in [0.15, 0.2) is 28.7 Å². The van der Waals surface area contributed by atoms with Crippen LogP contribution in [0.2, 0.25) is 0 Å². The minimum Gasteiger partial charge on any atom is -0.463 e. The summed E-state index contributed by atoms with van der Waals surface area (Å²) in [6.07, 6.45) is -0.156. The lowest BCUT2D eigenvalue weighted by Gasteiger charge is -2.19. The summed E-state index contributed by atoms with van der Waals surface area (Å²) in [5.74, 6) is -1.14. The van der Waals surface area contributed by atoms with Gasteiger partial charge < -0.3 is 15.8 Å². The van der Waals surface area contributed by atoms with Gasteiger partial charge >= 0.3 is 5.97 Å². The Kier molecular flexibility index (Phi) is 6.84. The second-order valence-electron chi connectivity index (χ2n) is 5.19. The molecule has 0 bridgehead atoms. The highest BCUT2D eigenvalue weighted by molar-refractivity contribution is 9.10. The number of primary amides is 1. The van der Waals surface area contributed by atoms with Crippen molar-refractivity contribution in [1.82, 2.24) is 5.32 Å². The molecule has 0 radical (unpaired) electrons. The fraction of sp³-hybridized carbons (Fsp3) is 0.467. The van der Waals surface area contributed by atoms with Crippen LogP contribution in [0.25, 0.3) is 0 Å². The Morgan fingerprint density at radius 3 is 2.52 bits per heavy atom. The van der Waals surface area contributed by atoms with Crippen LogP contribution in [-0.2, 0) is 14.3 Å². The molecular weight excluding hydrogens is 336 g/mol. The second-order valence-corrected chi connectivity index (χ2v) is 6.10. The number of carbonyl (C=O) groups is 2. The molecule has 0 aromatic heterocycles. The Labute approximate surface area is 133 Å². The molecule has 0 saturated heterocycles. The molecule has 2 unspecified atom stereocenters. The summed E-state index contributed by atoms with van der Waals surface area (Å²) in [5, 5.41) is 3.02. The van der Waals surface area contributed by atoms with E-state index in [1.54, 1.807) is 20.8 Å². The van der Waals surface area contributed by atoms with Gasteiger partial charge in [0.1, 0.15) is 6.04 Å². The van der Waals surface area contributed by atoms with Gasteiger partial charge in [0.2, 0.25) is 5.91 Å². The van der Waals surface area contributed by atoms with Gasteiger partial charge in [-0.3, -0.25) is 9.59 Å². The van der Waals surface area contributed by atoms with Crippen LogP contribution in [0.3, 0.4) is 0 Å². The maximum atomic E-state index is 11.7. The molecule has 5 nitrogen and oxygen atoms in total. The number of nitrogens with one attached hydrogen (secondary N) is 1. The number of nitrogens with two attached hydrogens (primary N) is 1. The lowest BCUT2D eigenvalue weighted by Crippen LogP contribution is -2.38. The summed E-state index contributed by atoms with van der Waals surface area (Å²) in [7, 11) is 0. The van der Waals surface area contributed by atoms with Gasteiger partial charge in [-0.25, -0.2) is 0 Å². The van der Waals surface area contributed by atoms with E-state index in [9.17, 15) is 9.59 Å². The van der Waals surface area contributed by atoms with E-state index in [-0.39, 0.29) is 18.0 Å². The number of esters is 1. The molecule has 21 heavy (non-hydrogen) atoms. The number of hydrogen-bond donors (Lipinski definition) is 2. The topological polar surface area (TPSA) is 81.4 Å². The monoisotopic (exact) mass is 356 g/mol. The number of ether oxygens (including phenoxy) is 1. The van der Waals surface area contributed by atoms with E-state index in [4.69, 9.17) is 10.5 Å². The van der Waals surface area contributed by atoms with Crippen LogP contribution in [-0.4, -0.2) is 24.5 Å². The highest BCUT2D eigenvalue weighted by Gasteiger charge is 2.21. The number of halogens is 1. The van der Waals surface area contributed by atoms with Crippen LogP contribution in [0.1, 0.15) is 32.4 Å². The molecule has 0 aliphatic rings. The van der Waals surface area contributed by atoms with Gasteiger partial charge in [-0.2, -0.15) is 0 Å². The number of amides is 1. The predicted octanol–water partition coefficient (Wildman–Crippen LogP) is 2.15. The molecule has 0 fully saturated rings. The van der Waals surface area contributed by atoms with Crippen LogP contribution in [0.4, 0.5) is 0 Å². The molecule has 116 valence electrons. The lowest BCUT2D eigenvalue weighted by atomic mass is 10.1. The van der Waals surface area contributed by atoms with Crippen molar-refractivity contribution < 1.29 is 14.3 Å². The summed E-state index contributed by atoms with van der Waals surface area (Å²) < 4.78 is 5.99. The Morgan fingerprint density at radius 2 is 2.00 bits per heavy atom. The smallest absolute Gasteiger partial charge is 0.310 e. The zero-order chi connectivity index (χ0) is 16.0. The quantitative estimate of drug-likeness (QED) is 0.733. The Morgan fingerprint density at radius 1 is 1.33 bits per heavy atom. The summed E-state index contributed by atoms with van der Waals surface area (Å²) in [4.78, 5) is 23.3. The van der Waals surface area contributed by atoms with E-state index in [1.165, 1.54) is 0 Å². The van der Waals surface area contributed by atoms with Crippen molar-refractivity contribution in [1.29, 1.82) is 0 Å². The first-order valence-corrected chi connectivity index (χ1v) is 7.59. The van der Waals surface area contributed by atoms with Crippen molar-refractivity contribution >= 4 is 27.8 Å². The minimum absolute atomic E-state index is 0.156. The van der Waals surface area contributed by atoms with Gasteiger partial charge in [0, 0.05) is 11.0 Å². The SMILES string of the molecule is CC(C)OC(=O)C(C)CNC(C(N)=O)c1cccc(Br)c1. The maximum Gasteiger partial charge on any atom is 0.310 e. The largest absolute Gasteiger partial charge is 0.463 e. The predicted molar refractivity (Wildman–Crippen MR) is 84.5 cm³/mol. The van der Waals surface area contributed by atoms with Crippen molar-refractivity contribution in [3.8, 4) is 0 Å². The normalized spacial score (nSPS) is 13.8. The molecule has 1 aromatic carbocycles. The summed E-state index contributed by atoms with van der Waals surface area (Å²) in [6, 6.07) is 6.68. The fourth-order valence-electron chi connectivity index (χ4n) is 1.80. The molecule has 2 atom stereocenters. The van der Waals surface area contributed by atoms with Crippen molar-refractivity contribution in [3.05, 3.63) is 34.3 Å². The van der Waals surface area contributed by atoms with Crippen molar-refractivity contribution in [2.24, 2.45) is 11.7 Å². The zero-order valence-electron chi connectivity index (χ0n) is 12.4. The molecule has 0 spiro atoms. The molecule has 0 saturated carbocycles. The van der Waals surface area contributed by atoms with E-state index in [1.807, 2.05) is 24.3 Å². The third-order valence-electron chi connectivity index (χ3n) is 2.85. The first kappa shape index (κ1) is 17.7. The van der Waals surface area contributed by atoms with Gasteiger partial charge in [-0.1, -0.05) is 35.0 Å². The highest BCUT2D eigenvalue weighted by Crippen LogP contribution is 2.18. The molecule has 0 aliphatic heterocycles. The highest BCUT2D eigenvalue weighted by atomic mass is 79.9. The zero-order valence-corrected chi connectivity index (χ0v) is 14.0. The van der Waals surface area contributed by atoms with Gasteiger partial charge in [-0.05, 0) is 31.5 Å². The average molecular weight is 357 g/mol. The lowest BCUT2D eigenvalue weighted by molar-refractivity contribution is -0.151. The summed E-state index contributed by atoms with van der Waals surface area (Å²) in [6.45, 7) is 5.65. The second kappa shape index (κ2) is 8.14. The molecule has 0 aliphatic carbocycles. The van der Waals surface area contributed by atoms with Crippen molar-refractivity contribution in [2.45, 2.75) is 32.9 Å². The van der Waals surface area contributed by atoms with E-state index < -0.39 is 11.9 Å². The molecule has 3 N–H and O–H groups in total. The van der Waals surface area contributed by atoms with Crippen molar-refractivity contribution in [3.63, 3.8) is 0 Å². The van der Waals surface area contributed by atoms with Crippen molar-refractivity contribution in [2.75, 3.05) is 6.54 Å². The van der Waals surface area contributed by atoms with E-state index in [0.717, 1.165) is 10.0 Å². The van der Waals surface area contributed by atoms with Crippen LogP contribution >= 0.6 is 15.9 Å². The van der Waals surface area contributed by atoms with Gasteiger partial charge in [0.05, 0.1) is 12.0 Å². The molecule has 6 heteroatoms. The summed E-state index contributed by atoms with van der Waals surface area (Å²) in [5.41, 5.74) is 6.18. The maximum absolute atomic E-state index is 11.7. The molecular formula is C15H21BrN2O3. The first-order chi connectivity index (χ1) is 9.81. The number of benzene rings is 1.